The quantitative estimate of drug-likeness (QED) is 0.805. The SMILES string of the molecule is O=C(COc1ccccc1)N[C@H](Cc1ccccc1)[C@@H](O)C(F)(F)F. The van der Waals surface area contributed by atoms with Gasteiger partial charge in [-0.05, 0) is 24.1 Å². The minimum Gasteiger partial charge on any atom is -0.484 e. The summed E-state index contributed by atoms with van der Waals surface area (Å²) in [6.07, 6.45) is -7.67. The molecule has 0 saturated carbocycles. The van der Waals surface area contributed by atoms with Gasteiger partial charge in [0, 0.05) is 0 Å². The molecule has 0 aliphatic heterocycles. The molecule has 25 heavy (non-hydrogen) atoms. The lowest BCUT2D eigenvalue weighted by Gasteiger charge is -2.26. The van der Waals surface area contributed by atoms with E-state index in [2.05, 4.69) is 5.32 Å². The molecular formula is C18H18F3NO3. The summed E-state index contributed by atoms with van der Waals surface area (Å²) in [7, 11) is 0. The van der Waals surface area contributed by atoms with Crippen molar-refractivity contribution in [2.45, 2.75) is 24.7 Å². The van der Waals surface area contributed by atoms with E-state index < -0.39 is 30.8 Å². The fourth-order valence-electron chi connectivity index (χ4n) is 2.25. The molecular weight excluding hydrogens is 335 g/mol. The molecule has 0 aliphatic carbocycles. The first-order chi connectivity index (χ1) is 11.9. The summed E-state index contributed by atoms with van der Waals surface area (Å²) in [6.45, 7) is -0.445. The molecule has 2 rings (SSSR count). The summed E-state index contributed by atoms with van der Waals surface area (Å²) in [4.78, 5) is 11.9. The zero-order valence-electron chi connectivity index (χ0n) is 13.2. The maximum absolute atomic E-state index is 12.9. The highest BCUT2D eigenvalue weighted by atomic mass is 19.4. The minimum atomic E-state index is -4.84. The Hall–Kier alpha value is -2.54. The molecule has 0 fully saturated rings. The number of aliphatic hydroxyl groups excluding tert-OH is 1. The lowest BCUT2D eigenvalue weighted by Crippen LogP contribution is -2.52. The minimum absolute atomic E-state index is 0.154. The van der Waals surface area contributed by atoms with Crippen molar-refractivity contribution in [1.82, 2.24) is 5.32 Å². The number of ether oxygens (including phenoxy) is 1. The van der Waals surface area contributed by atoms with Gasteiger partial charge in [0.15, 0.2) is 12.7 Å². The van der Waals surface area contributed by atoms with Crippen LogP contribution in [-0.2, 0) is 11.2 Å². The van der Waals surface area contributed by atoms with Crippen molar-refractivity contribution in [3.63, 3.8) is 0 Å². The van der Waals surface area contributed by atoms with E-state index in [4.69, 9.17) is 4.74 Å². The molecule has 0 aliphatic rings. The number of benzene rings is 2. The smallest absolute Gasteiger partial charge is 0.416 e. The zero-order valence-corrected chi connectivity index (χ0v) is 13.2. The first-order valence-corrected chi connectivity index (χ1v) is 7.62. The number of carbonyl (C=O) groups excluding carboxylic acids is 1. The van der Waals surface area contributed by atoms with Gasteiger partial charge in [-0.15, -0.1) is 0 Å². The van der Waals surface area contributed by atoms with Crippen molar-refractivity contribution in [3.8, 4) is 5.75 Å². The summed E-state index contributed by atoms with van der Waals surface area (Å²) in [5.74, 6) is -0.318. The average Bonchev–Trinajstić information content (AvgIpc) is 2.60. The van der Waals surface area contributed by atoms with Gasteiger partial charge in [0.2, 0.25) is 0 Å². The topological polar surface area (TPSA) is 58.6 Å². The van der Waals surface area contributed by atoms with Crippen LogP contribution in [0.3, 0.4) is 0 Å². The van der Waals surface area contributed by atoms with E-state index in [9.17, 15) is 23.1 Å². The normalized spacial score (nSPS) is 13.8. The van der Waals surface area contributed by atoms with Crippen LogP contribution in [0.15, 0.2) is 60.7 Å². The lowest BCUT2D eigenvalue weighted by atomic mass is 10.0. The molecule has 0 saturated heterocycles. The fraction of sp³-hybridized carbons (Fsp3) is 0.278. The van der Waals surface area contributed by atoms with Gasteiger partial charge < -0.3 is 15.2 Å². The molecule has 0 radical (unpaired) electrons. The Morgan fingerprint density at radius 2 is 1.60 bits per heavy atom. The maximum Gasteiger partial charge on any atom is 0.416 e. The molecule has 2 aromatic rings. The molecule has 134 valence electrons. The van der Waals surface area contributed by atoms with E-state index in [1.54, 1.807) is 60.7 Å². The maximum atomic E-state index is 12.9. The molecule has 0 spiro atoms. The van der Waals surface area contributed by atoms with Crippen LogP contribution in [0.5, 0.6) is 5.75 Å². The second-order valence-corrected chi connectivity index (χ2v) is 5.45. The summed E-state index contributed by atoms with van der Waals surface area (Å²) in [5, 5.41) is 11.8. The number of nitrogens with one attached hydrogen (secondary N) is 1. The summed E-state index contributed by atoms with van der Waals surface area (Å²) in [5.41, 5.74) is 0.570. The third-order valence-corrected chi connectivity index (χ3v) is 3.47. The van der Waals surface area contributed by atoms with Crippen LogP contribution >= 0.6 is 0 Å². The van der Waals surface area contributed by atoms with Crippen molar-refractivity contribution < 1.29 is 27.8 Å². The van der Waals surface area contributed by atoms with Crippen molar-refractivity contribution in [2.75, 3.05) is 6.61 Å². The molecule has 4 nitrogen and oxygen atoms in total. The zero-order chi connectivity index (χ0) is 18.3. The highest BCUT2D eigenvalue weighted by Gasteiger charge is 2.44. The Labute approximate surface area is 143 Å². The Kier molecular flexibility index (Phi) is 6.41. The lowest BCUT2D eigenvalue weighted by molar-refractivity contribution is -0.212. The molecule has 2 N–H and O–H groups in total. The summed E-state index contributed by atoms with van der Waals surface area (Å²) >= 11 is 0. The van der Waals surface area contributed by atoms with Crippen LogP contribution in [0.2, 0.25) is 0 Å². The molecule has 7 heteroatoms. The molecule has 1 amide bonds. The number of hydrogen-bond donors (Lipinski definition) is 2. The number of hydrogen-bond acceptors (Lipinski definition) is 3. The summed E-state index contributed by atoms with van der Waals surface area (Å²) < 4.78 is 43.8. The molecule has 0 heterocycles. The predicted octanol–water partition coefficient (Wildman–Crippen LogP) is 2.72. The van der Waals surface area contributed by atoms with E-state index in [0.717, 1.165) is 0 Å². The third-order valence-electron chi connectivity index (χ3n) is 3.47. The number of rotatable bonds is 7. The van der Waals surface area contributed by atoms with Crippen LogP contribution in [0.25, 0.3) is 0 Å². The molecule has 2 atom stereocenters. The number of aliphatic hydroxyl groups is 1. The van der Waals surface area contributed by atoms with Crippen LogP contribution in [-0.4, -0.2) is 35.9 Å². The highest BCUT2D eigenvalue weighted by molar-refractivity contribution is 5.78. The van der Waals surface area contributed by atoms with E-state index >= 15 is 0 Å². The van der Waals surface area contributed by atoms with Crippen LogP contribution < -0.4 is 10.1 Å². The average molecular weight is 353 g/mol. The van der Waals surface area contributed by atoms with Gasteiger partial charge >= 0.3 is 6.18 Å². The third kappa shape index (κ3) is 6.11. The first kappa shape index (κ1) is 18.8. The van der Waals surface area contributed by atoms with Gasteiger partial charge in [-0.1, -0.05) is 48.5 Å². The number of carbonyl (C=O) groups is 1. The molecule has 0 bridgehead atoms. The fourth-order valence-corrected chi connectivity index (χ4v) is 2.25. The summed E-state index contributed by atoms with van der Waals surface area (Å²) in [6, 6.07) is 15.3. The van der Waals surface area contributed by atoms with Crippen LogP contribution in [0.4, 0.5) is 13.2 Å². The van der Waals surface area contributed by atoms with Gasteiger partial charge in [-0.2, -0.15) is 13.2 Å². The van der Waals surface area contributed by atoms with E-state index in [1.165, 1.54) is 0 Å². The highest BCUT2D eigenvalue weighted by Crippen LogP contribution is 2.24. The Balaban J connectivity index is 2.00. The van der Waals surface area contributed by atoms with Crippen LogP contribution in [0, 0.1) is 0 Å². The monoisotopic (exact) mass is 353 g/mol. The molecule has 2 aromatic carbocycles. The van der Waals surface area contributed by atoms with Crippen LogP contribution in [0.1, 0.15) is 5.56 Å². The van der Waals surface area contributed by atoms with E-state index in [0.29, 0.717) is 11.3 Å². The Bertz CT molecular complexity index is 662. The van der Waals surface area contributed by atoms with Gasteiger partial charge in [-0.3, -0.25) is 4.79 Å². The van der Waals surface area contributed by atoms with Gasteiger partial charge in [0.1, 0.15) is 5.75 Å². The number of alkyl halides is 3. The largest absolute Gasteiger partial charge is 0.484 e. The van der Waals surface area contributed by atoms with Gasteiger partial charge in [0.05, 0.1) is 6.04 Å². The Morgan fingerprint density at radius 3 is 2.16 bits per heavy atom. The van der Waals surface area contributed by atoms with Crippen molar-refractivity contribution in [2.24, 2.45) is 0 Å². The van der Waals surface area contributed by atoms with Crippen molar-refractivity contribution in [1.29, 1.82) is 0 Å². The Morgan fingerprint density at radius 1 is 1.04 bits per heavy atom. The molecule has 0 aromatic heterocycles. The van der Waals surface area contributed by atoms with E-state index in [1.807, 2.05) is 0 Å². The predicted molar refractivity (Wildman–Crippen MR) is 86.1 cm³/mol. The molecule has 0 unspecified atom stereocenters. The second-order valence-electron chi connectivity index (χ2n) is 5.45. The van der Waals surface area contributed by atoms with Gasteiger partial charge in [-0.25, -0.2) is 0 Å². The second kappa shape index (κ2) is 8.53. The first-order valence-electron chi connectivity index (χ1n) is 7.62. The number of amides is 1. The van der Waals surface area contributed by atoms with Gasteiger partial charge in [0.25, 0.3) is 5.91 Å². The van der Waals surface area contributed by atoms with E-state index in [-0.39, 0.29) is 6.42 Å². The van der Waals surface area contributed by atoms with Crippen molar-refractivity contribution in [3.05, 3.63) is 66.2 Å². The number of halogens is 3. The number of para-hydroxylation sites is 1. The van der Waals surface area contributed by atoms with Crippen molar-refractivity contribution >= 4 is 5.91 Å². The standard InChI is InChI=1S/C18H18F3NO3/c19-18(20,21)17(24)15(11-13-7-3-1-4-8-13)22-16(23)12-25-14-9-5-2-6-10-14/h1-10,15,17,24H,11-12H2,(H,22,23)/t15-,17-/m1/s1.